The number of hydrogen-bond acceptors (Lipinski definition) is 3. The van der Waals surface area contributed by atoms with Crippen LogP contribution in [0.2, 0.25) is 5.02 Å². The molecule has 0 saturated heterocycles. The first-order chi connectivity index (χ1) is 7.59. The predicted molar refractivity (Wildman–Crippen MR) is 61.6 cm³/mol. The molecule has 1 heterocycles. The van der Waals surface area contributed by atoms with Gasteiger partial charge in [0.15, 0.2) is 17.8 Å². The van der Waals surface area contributed by atoms with Crippen LogP contribution in [0.5, 0.6) is 0 Å². The fraction of sp³-hybridized carbons (Fsp3) is 0. The van der Waals surface area contributed by atoms with Crippen LogP contribution in [0, 0.1) is 0 Å². The van der Waals surface area contributed by atoms with Gasteiger partial charge >= 0.3 is 5.97 Å². The molecule has 0 radical (unpaired) electrons. The van der Waals surface area contributed by atoms with Crippen molar-refractivity contribution in [3.05, 3.63) is 39.8 Å². The Morgan fingerprint density at radius 3 is 2.94 bits per heavy atom. The van der Waals surface area contributed by atoms with Gasteiger partial charge in [0.1, 0.15) is 0 Å². The summed E-state index contributed by atoms with van der Waals surface area (Å²) in [6.45, 7) is 0. The molecule has 0 saturated carbocycles. The van der Waals surface area contributed by atoms with Gasteiger partial charge in [-0.3, -0.25) is 0 Å². The molecule has 0 aliphatic rings. The van der Waals surface area contributed by atoms with Crippen LogP contribution >= 0.6 is 27.5 Å². The molecule has 0 amide bonds. The Morgan fingerprint density at radius 1 is 1.50 bits per heavy atom. The van der Waals surface area contributed by atoms with E-state index >= 15 is 0 Å². The Balaban J connectivity index is 2.62. The lowest BCUT2D eigenvalue weighted by molar-refractivity contribution is 0.0691. The maximum absolute atomic E-state index is 10.9. The highest BCUT2D eigenvalue weighted by molar-refractivity contribution is 9.10. The van der Waals surface area contributed by atoms with Gasteiger partial charge in [-0.2, -0.15) is 0 Å². The zero-order chi connectivity index (χ0) is 11.7. The van der Waals surface area contributed by atoms with Gasteiger partial charge in [-0.05, 0) is 18.2 Å². The monoisotopic (exact) mass is 301 g/mol. The molecule has 0 bridgehead atoms. The zero-order valence-corrected chi connectivity index (χ0v) is 10.1. The summed E-state index contributed by atoms with van der Waals surface area (Å²) in [5, 5.41) is 9.40. The average Bonchev–Trinajstić information content (AvgIpc) is 2.70. The molecule has 0 spiro atoms. The smallest absolute Gasteiger partial charge is 0.358 e. The van der Waals surface area contributed by atoms with Crippen molar-refractivity contribution in [2.45, 2.75) is 0 Å². The van der Waals surface area contributed by atoms with Crippen LogP contribution in [0.3, 0.4) is 0 Å². The standard InChI is InChI=1S/C10H5BrClNO3/c11-7-2-1-5(12)3-6(7)9-8(10(14)15)13-4-16-9/h1-4H,(H,14,15). The molecule has 0 atom stereocenters. The summed E-state index contributed by atoms with van der Waals surface area (Å²) in [7, 11) is 0. The number of hydrogen-bond donors (Lipinski definition) is 1. The number of nitrogens with zero attached hydrogens (tertiary/aromatic N) is 1. The molecule has 2 rings (SSSR count). The molecule has 82 valence electrons. The van der Waals surface area contributed by atoms with E-state index in [-0.39, 0.29) is 11.5 Å². The Bertz CT molecular complexity index is 553. The van der Waals surface area contributed by atoms with E-state index in [1.165, 1.54) is 0 Å². The maximum atomic E-state index is 10.9. The summed E-state index contributed by atoms with van der Waals surface area (Å²) in [6, 6.07) is 5.01. The Morgan fingerprint density at radius 2 is 2.25 bits per heavy atom. The van der Waals surface area contributed by atoms with Crippen LogP contribution in [0.4, 0.5) is 0 Å². The van der Waals surface area contributed by atoms with E-state index in [1.54, 1.807) is 18.2 Å². The summed E-state index contributed by atoms with van der Waals surface area (Å²) in [5.74, 6) is -0.961. The summed E-state index contributed by atoms with van der Waals surface area (Å²) < 4.78 is 5.76. The number of aromatic nitrogens is 1. The minimum absolute atomic E-state index is 0.136. The molecule has 6 heteroatoms. The van der Waals surface area contributed by atoms with Gasteiger partial charge in [-0.15, -0.1) is 0 Å². The van der Waals surface area contributed by atoms with Gasteiger partial charge in [0.25, 0.3) is 0 Å². The Kier molecular flexibility index (Phi) is 2.98. The Labute approximate surface area is 104 Å². The fourth-order valence-electron chi connectivity index (χ4n) is 1.26. The normalized spacial score (nSPS) is 10.4. The summed E-state index contributed by atoms with van der Waals surface area (Å²) in [6.07, 6.45) is 1.09. The minimum Gasteiger partial charge on any atom is -0.476 e. The molecule has 16 heavy (non-hydrogen) atoms. The van der Waals surface area contributed by atoms with Crippen molar-refractivity contribution in [1.29, 1.82) is 0 Å². The van der Waals surface area contributed by atoms with Crippen LogP contribution in [0.25, 0.3) is 11.3 Å². The van der Waals surface area contributed by atoms with Crippen molar-refractivity contribution >= 4 is 33.5 Å². The van der Waals surface area contributed by atoms with E-state index in [0.717, 1.165) is 6.39 Å². The lowest BCUT2D eigenvalue weighted by Gasteiger charge is -2.02. The van der Waals surface area contributed by atoms with Crippen LogP contribution in [0.15, 0.2) is 33.5 Å². The predicted octanol–water partition coefficient (Wildman–Crippen LogP) is 3.46. The molecule has 0 fully saturated rings. The third-order valence-corrected chi connectivity index (χ3v) is 2.87. The molecule has 1 N–H and O–H groups in total. The van der Waals surface area contributed by atoms with Crippen LogP contribution in [-0.2, 0) is 0 Å². The number of halogens is 2. The van der Waals surface area contributed by atoms with E-state index in [4.69, 9.17) is 21.1 Å². The number of oxazole rings is 1. The van der Waals surface area contributed by atoms with Gasteiger partial charge in [0, 0.05) is 15.1 Å². The van der Waals surface area contributed by atoms with Crippen molar-refractivity contribution in [1.82, 2.24) is 4.98 Å². The van der Waals surface area contributed by atoms with Crippen molar-refractivity contribution in [2.24, 2.45) is 0 Å². The number of rotatable bonds is 2. The average molecular weight is 303 g/mol. The van der Waals surface area contributed by atoms with Gasteiger partial charge in [-0.1, -0.05) is 27.5 Å². The minimum atomic E-state index is -1.14. The summed E-state index contributed by atoms with van der Waals surface area (Å²) in [5.41, 5.74) is 0.422. The second-order valence-corrected chi connectivity index (χ2v) is 4.25. The number of benzene rings is 1. The fourth-order valence-corrected chi connectivity index (χ4v) is 1.86. The lowest BCUT2D eigenvalue weighted by atomic mass is 10.1. The van der Waals surface area contributed by atoms with E-state index in [9.17, 15) is 4.79 Å². The molecule has 1 aromatic heterocycles. The molecule has 0 unspecified atom stereocenters. The molecule has 1 aromatic carbocycles. The zero-order valence-electron chi connectivity index (χ0n) is 7.78. The lowest BCUT2D eigenvalue weighted by Crippen LogP contribution is -1.98. The molecule has 0 aliphatic heterocycles. The third-order valence-electron chi connectivity index (χ3n) is 1.94. The highest BCUT2D eigenvalue weighted by Gasteiger charge is 2.19. The van der Waals surface area contributed by atoms with E-state index in [2.05, 4.69) is 20.9 Å². The molecule has 4 nitrogen and oxygen atoms in total. The van der Waals surface area contributed by atoms with Crippen molar-refractivity contribution in [3.63, 3.8) is 0 Å². The Hall–Kier alpha value is -1.33. The summed E-state index contributed by atoms with van der Waals surface area (Å²) >= 11 is 9.13. The molecular weight excluding hydrogens is 297 g/mol. The second kappa shape index (κ2) is 4.27. The SMILES string of the molecule is O=C(O)c1ncoc1-c1cc(Cl)ccc1Br. The van der Waals surface area contributed by atoms with E-state index in [0.29, 0.717) is 15.1 Å². The van der Waals surface area contributed by atoms with Crippen LogP contribution < -0.4 is 0 Å². The molecule has 0 aliphatic carbocycles. The highest BCUT2D eigenvalue weighted by Crippen LogP contribution is 2.32. The quantitative estimate of drug-likeness (QED) is 0.923. The highest BCUT2D eigenvalue weighted by atomic mass is 79.9. The van der Waals surface area contributed by atoms with E-state index in [1.807, 2.05) is 0 Å². The number of aromatic carboxylic acids is 1. The maximum Gasteiger partial charge on any atom is 0.358 e. The largest absolute Gasteiger partial charge is 0.476 e. The van der Waals surface area contributed by atoms with Crippen LogP contribution in [0.1, 0.15) is 10.5 Å². The van der Waals surface area contributed by atoms with Crippen molar-refractivity contribution in [3.8, 4) is 11.3 Å². The summed E-state index contributed by atoms with van der Waals surface area (Å²) in [4.78, 5) is 14.5. The van der Waals surface area contributed by atoms with Crippen molar-refractivity contribution < 1.29 is 14.3 Å². The van der Waals surface area contributed by atoms with Crippen molar-refractivity contribution in [2.75, 3.05) is 0 Å². The van der Waals surface area contributed by atoms with Gasteiger partial charge in [0.2, 0.25) is 0 Å². The van der Waals surface area contributed by atoms with Gasteiger partial charge < -0.3 is 9.52 Å². The van der Waals surface area contributed by atoms with Gasteiger partial charge in [-0.25, -0.2) is 9.78 Å². The number of carbonyl (C=O) groups is 1. The number of carboxylic acid groups (broad SMARTS) is 1. The molecular formula is C10H5BrClNO3. The first kappa shape index (κ1) is 11.2. The third kappa shape index (κ3) is 1.96. The van der Waals surface area contributed by atoms with Gasteiger partial charge in [0.05, 0.1) is 0 Å². The first-order valence-electron chi connectivity index (χ1n) is 4.22. The molecule has 2 aromatic rings. The topological polar surface area (TPSA) is 63.3 Å². The van der Waals surface area contributed by atoms with E-state index < -0.39 is 5.97 Å². The number of carboxylic acids is 1. The van der Waals surface area contributed by atoms with Crippen LogP contribution in [-0.4, -0.2) is 16.1 Å². The second-order valence-electron chi connectivity index (χ2n) is 2.96. The first-order valence-corrected chi connectivity index (χ1v) is 5.39.